The van der Waals surface area contributed by atoms with Crippen LogP contribution in [0, 0.1) is 5.82 Å². The van der Waals surface area contributed by atoms with Crippen molar-refractivity contribution in [3.8, 4) is 22.9 Å². The second-order valence-corrected chi connectivity index (χ2v) is 11.8. The van der Waals surface area contributed by atoms with Gasteiger partial charge < -0.3 is 23.8 Å². The molecule has 0 aliphatic carbocycles. The van der Waals surface area contributed by atoms with Gasteiger partial charge in [0.1, 0.15) is 23.2 Å². The normalized spacial score (nSPS) is 12.8. The molecule has 0 radical (unpaired) electrons. The Balaban J connectivity index is 1.51. The Morgan fingerprint density at radius 3 is 2.33 bits per heavy atom. The molecule has 2 aromatic carbocycles. The van der Waals surface area contributed by atoms with Crippen molar-refractivity contribution in [2.75, 3.05) is 7.05 Å². The number of oxazole rings is 1. The van der Waals surface area contributed by atoms with E-state index >= 15 is 0 Å². The van der Waals surface area contributed by atoms with E-state index in [9.17, 15) is 14.0 Å². The summed E-state index contributed by atoms with van der Waals surface area (Å²) in [5, 5.41) is 11.5. The van der Waals surface area contributed by atoms with Crippen molar-refractivity contribution < 1.29 is 27.6 Å². The van der Waals surface area contributed by atoms with E-state index in [0.29, 0.717) is 17.5 Å². The first-order chi connectivity index (χ1) is 21.4. The van der Waals surface area contributed by atoms with E-state index in [1.54, 1.807) is 52.9 Å². The summed E-state index contributed by atoms with van der Waals surface area (Å²) in [5.74, 6) is -0.427. The molecule has 0 aliphatic rings. The molecule has 1 N–H and O–H groups in total. The van der Waals surface area contributed by atoms with Crippen LogP contribution in [0.1, 0.15) is 55.2 Å². The number of amides is 2. The predicted octanol–water partition coefficient (Wildman–Crippen LogP) is 6.18. The molecule has 0 bridgehead atoms. The Kier molecular flexibility index (Phi) is 8.75. The first-order valence-corrected chi connectivity index (χ1v) is 14.2. The molecule has 12 heteroatoms. The minimum absolute atomic E-state index is 0.0526. The largest absolute Gasteiger partial charge is 0.445 e. The van der Waals surface area contributed by atoms with Crippen LogP contribution in [0.3, 0.4) is 0 Å². The summed E-state index contributed by atoms with van der Waals surface area (Å²) < 4.78 is 31.5. The highest BCUT2D eigenvalue weighted by Gasteiger charge is 2.37. The van der Waals surface area contributed by atoms with E-state index in [4.69, 9.17) is 13.6 Å². The number of hydrogen-bond acceptors (Lipinski definition) is 9. The van der Waals surface area contributed by atoms with E-state index in [0.717, 1.165) is 5.56 Å². The van der Waals surface area contributed by atoms with Gasteiger partial charge in [0, 0.05) is 36.4 Å². The fourth-order valence-corrected chi connectivity index (χ4v) is 4.68. The zero-order valence-corrected chi connectivity index (χ0v) is 25.6. The molecule has 5 rings (SSSR count). The molecule has 0 unspecified atom stereocenters. The molecule has 1 atom stereocenters. The highest BCUT2D eigenvalue weighted by molar-refractivity contribution is 5.96. The monoisotopic (exact) mass is 612 g/mol. The number of benzene rings is 2. The van der Waals surface area contributed by atoms with Gasteiger partial charge in [0.25, 0.3) is 5.91 Å². The molecule has 5 aromatic rings. The van der Waals surface area contributed by atoms with Crippen LogP contribution in [-0.4, -0.2) is 49.7 Å². The Morgan fingerprint density at radius 2 is 1.67 bits per heavy atom. The third-order valence-electron chi connectivity index (χ3n) is 6.75. The summed E-state index contributed by atoms with van der Waals surface area (Å²) in [6, 6.07) is 17.2. The first-order valence-electron chi connectivity index (χ1n) is 14.2. The summed E-state index contributed by atoms with van der Waals surface area (Å²) in [4.78, 5) is 36.1. The molecular formula is C33H33FN6O5. The standard InChI is InChI=1S/C33H33FN6O5/c1-32(2,3)45-31(42)37-33(4,19-21-10-7-6-8-11-21)30-39-38-28(44-30)23-16-22(27-36-14-15-43-27)17-24(18-23)29(41)40(5)20-26-25(34)12-9-13-35-26/h6-18H,19-20H2,1-5H3,(H,37,42)/t33-/m1/s1. The lowest BCUT2D eigenvalue weighted by Gasteiger charge is -2.29. The molecule has 0 fully saturated rings. The Morgan fingerprint density at radius 1 is 0.933 bits per heavy atom. The lowest BCUT2D eigenvalue weighted by atomic mass is 9.92. The smallest absolute Gasteiger partial charge is 0.408 e. The van der Waals surface area contributed by atoms with Crippen molar-refractivity contribution in [2.45, 2.75) is 51.8 Å². The minimum Gasteiger partial charge on any atom is -0.445 e. The molecule has 232 valence electrons. The predicted molar refractivity (Wildman–Crippen MR) is 162 cm³/mol. The third kappa shape index (κ3) is 7.58. The van der Waals surface area contributed by atoms with E-state index in [-0.39, 0.29) is 35.5 Å². The van der Waals surface area contributed by atoms with Gasteiger partial charge in [0.2, 0.25) is 17.7 Å². The molecule has 3 heterocycles. The highest BCUT2D eigenvalue weighted by Crippen LogP contribution is 2.31. The number of pyridine rings is 1. The second kappa shape index (κ2) is 12.7. The topological polar surface area (TPSA) is 136 Å². The number of carbonyl (C=O) groups excluding carboxylic acids is 2. The van der Waals surface area contributed by atoms with Crippen molar-refractivity contribution in [1.82, 2.24) is 30.4 Å². The number of ether oxygens (including phenoxy) is 1. The second-order valence-electron chi connectivity index (χ2n) is 11.8. The summed E-state index contributed by atoms with van der Waals surface area (Å²) in [6.07, 6.45) is 4.05. The van der Waals surface area contributed by atoms with Crippen molar-refractivity contribution in [3.05, 3.63) is 108 Å². The van der Waals surface area contributed by atoms with Crippen LogP contribution >= 0.6 is 0 Å². The maximum Gasteiger partial charge on any atom is 0.408 e. The maximum absolute atomic E-state index is 14.3. The highest BCUT2D eigenvalue weighted by atomic mass is 19.1. The number of nitrogens with one attached hydrogen (secondary N) is 1. The summed E-state index contributed by atoms with van der Waals surface area (Å²) in [5.41, 5.74) is 0.313. The quantitative estimate of drug-likeness (QED) is 0.207. The SMILES string of the molecule is CN(Cc1ncccc1F)C(=O)c1cc(-c2ncco2)cc(-c2nnc([C@@](C)(Cc3ccccc3)NC(=O)OC(C)(C)C)o2)c1. The van der Waals surface area contributed by atoms with Crippen LogP contribution in [0.5, 0.6) is 0 Å². The molecule has 3 aromatic heterocycles. The van der Waals surface area contributed by atoms with Gasteiger partial charge in [-0.1, -0.05) is 30.3 Å². The van der Waals surface area contributed by atoms with Gasteiger partial charge in [-0.2, -0.15) is 0 Å². The molecule has 2 amide bonds. The van der Waals surface area contributed by atoms with Gasteiger partial charge in [0.05, 0.1) is 18.4 Å². The van der Waals surface area contributed by atoms with Gasteiger partial charge in [-0.05, 0) is 63.6 Å². The average molecular weight is 613 g/mol. The van der Waals surface area contributed by atoms with Crippen LogP contribution < -0.4 is 5.32 Å². The average Bonchev–Trinajstić information content (AvgIpc) is 3.71. The Bertz CT molecular complexity index is 1780. The summed E-state index contributed by atoms with van der Waals surface area (Å²) >= 11 is 0. The fraction of sp³-hybridized carbons (Fsp3) is 0.273. The molecule has 0 spiro atoms. The first kappa shape index (κ1) is 31.0. The zero-order valence-electron chi connectivity index (χ0n) is 25.6. The van der Waals surface area contributed by atoms with Gasteiger partial charge in [-0.15, -0.1) is 10.2 Å². The van der Waals surface area contributed by atoms with Crippen molar-refractivity contribution in [1.29, 1.82) is 0 Å². The van der Waals surface area contributed by atoms with Gasteiger partial charge in [0.15, 0.2) is 0 Å². The number of rotatable bonds is 9. The molecule has 0 aliphatic heterocycles. The van der Waals surface area contributed by atoms with Crippen LogP contribution in [0.25, 0.3) is 22.9 Å². The number of alkyl carbamates (subject to hydrolysis) is 1. The maximum atomic E-state index is 14.3. The van der Waals surface area contributed by atoms with E-state index < -0.39 is 29.0 Å². The lowest BCUT2D eigenvalue weighted by Crippen LogP contribution is -2.47. The number of hydrogen-bond donors (Lipinski definition) is 1. The van der Waals surface area contributed by atoms with E-state index in [1.165, 1.54) is 35.7 Å². The molecule has 11 nitrogen and oxygen atoms in total. The van der Waals surface area contributed by atoms with Gasteiger partial charge >= 0.3 is 6.09 Å². The number of halogens is 1. The van der Waals surface area contributed by atoms with Crippen LogP contribution in [0.15, 0.2) is 88.2 Å². The summed E-state index contributed by atoms with van der Waals surface area (Å²) in [6.45, 7) is 7.04. The Labute approximate surface area is 259 Å². The van der Waals surface area contributed by atoms with E-state index in [1.807, 2.05) is 30.3 Å². The van der Waals surface area contributed by atoms with Gasteiger partial charge in [-0.3, -0.25) is 9.78 Å². The third-order valence-corrected chi connectivity index (χ3v) is 6.75. The molecule has 45 heavy (non-hydrogen) atoms. The lowest BCUT2D eigenvalue weighted by molar-refractivity contribution is 0.0443. The molecule has 0 saturated carbocycles. The number of carbonyl (C=O) groups is 2. The molecule has 0 saturated heterocycles. The minimum atomic E-state index is -1.15. The Hall–Kier alpha value is -5.39. The van der Waals surface area contributed by atoms with Crippen molar-refractivity contribution in [2.24, 2.45) is 0 Å². The van der Waals surface area contributed by atoms with Crippen LogP contribution in [0.2, 0.25) is 0 Å². The molecular weight excluding hydrogens is 579 g/mol. The van der Waals surface area contributed by atoms with Crippen LogP contribution in [-0.2, 0) is 23.2 Å². The van der Waals surface area contributed by atoms with Crippen molar-refractivity contribution in [3.63, 3.8) is 0 Å². The van der Waals surface area contributed by atoms with E-state index in [2.05, 4.69) is 25.5 Å². The fourth-order valence-electron chi connectivity index (χ4n) is 4.68. The van der Waals surface area contributed by atoms with Gasteiger partial charge in [-0.25, -0.2) is 14.2 Å². The zero-order chi connectivity index (χ0) is 32.2. The number of aromatic nitrogens is 4. The summed E-state index contributed by atoms with van der Waals surface area (Å²) in [7, 11) is 1.55. The van der Waals surface area contributed by atoms with Crippen molar-refractivity contribution >= 4 is 12.0 Å². The van der Waals surface area contributed by atoms with Crippen LogP contribution in [0.4, 0.5) is 9.18 Å². The number of nitrogens with zero attached hydrogens (tertiary/aromatic N) is 5.